The van der Waals surface area contributed by atoms with Crippen LogP contribution >= 0.6 is 0 Å². The van der Waals surface area contributed by atoms with Crippen LogP contribution in [0, 0.1) is 0 Å². The van der Waals surface area contributed by atoms with Crippen molar-refractivity contribution in [1.82, 2.24) is 0 Å². The molecule has 0 heterocycles. The van der Waals surface area contributed by atoms with Gasteiger partial charge < -0.3 is 14.2 Å². The largest absolute Gasteiger partial charge is 0.377 e. The van der Waals surface area contributed by atoms with Crippen molar-refractivity contribution < 1.29 is 14.2 Å². The van der Waals surface area contributed by atoms with Crippen LogP contribution in [-0.2, 0) is 34.0 Å². The van der Waals surface area contributed by atoms with Gasteiger partial charge in [-0.25, -0.2) is 0 Å². The summed E-state index contributed by atoms with van der Waals surface area (Å²) in [6, 6.07) is 6.58. The molecule has 0 spiro atoms. The highest BCUT2D eigenvalue weighted by Crippen LogP contribution is 2.20. The molecule has 1 aromatic rings. The Labute approximate surface area is 225 Å². The molecule has 0 atom stereocenters. The third-order valence-corrected chi connectivity index (χ3v) is 7.06. The van der Waals surface area contributed by atoms with Crippen LogP contribution in [0.1, 0.15) is 153 Å². The Bertz CT molecular complexity index is 548. The maximum atomic E-state index is 6.16. The van der Waals surface area contributed by atoms with E-state index in [9.17, 15) is 0 Å². The van der Waals surface area contributed by atoms with E-state index in [0.717, 1.165) is 39.1 Å². The molecule has 0 unspecified atom stereocenters. The Morgan fingerprint density at radius 1 is 0.417 bits per heavy atom. The number of ether oxygens (including phenoxy) is 3. The summed E-state index contributed by atoms with van der Waals surface area (Å²) in [5.41, 5.74) is 3.82. The van der Waals surface area contributed by atoms with E-state index in [-0.39, 0.29) is 0 Å². The molecule has 0 aliphatic carbocycles. The van der Waals surface area contributed by atoms with E-state index in [1.807, 2.05) is 0 Å². The van der Waals surface area contributed by atoms with Gasteiger partial charge in [0.15, 0.2) is 0 Å². The van der Waals surface area contributed by atoms with Gasteiger partial charge in [0, 0.05) is 19.8 Å². The Hall–Kier alpha value is -0.900. The zero-order chi connectivity index (χ0) is 25.9. The molecule has 0 bridgehead atoms. The maximum Gasteiger partial charge on any atom is 0.0723 e. The van der Waals surface area contributed by atoms with Crippen molar-refractivity contribution in [3.63, 3.8) is 0 Å². The molecule has 0 fully saturated rings. The Morgan fingerprint density at radius 2 is 0.750 bits per heavy atom. The molecular formula is C33H60O3. The Balaban J connectivity index is 2.47. The van der Waals surface area contributed by atoms with Crippen LogP contribution in [0.4, 0.5) is 0 Å². The third-order valence-electron chi connectivity index (χ3n) is 7.06. The van der Waals surface area contributed by atoms with Crippen LogP contribution in [0.2, 0.25) is 0 Å². The second-order valence-corrected chi connectivity index (χ2v) is 10.5. The van der Waals surface area contributed by atoms with Crippen LogP contribution in [0.25, 0.3) is 0 Å². The third kappa shape index (κ3) is 18.4. The van der Waals surface area contributed by atoms with E-state index in [2.05, 4.69) is 39.0 Å². The first-order valence-electron chi connectivity index (χ1n) is 15.7. The van der Waals surface area contributed by atoms with Gasteiger partial charge in [-0.15, -0.1) is 0 Å². The highest BCUT2D eigenvalue weighted by atomic mass is 16.5. The summed E-state index contributed by atoms with van der Waals surface area (Å²) in [7, 11) is 0. The number of benzene rings is 1. The first-order chi connectivity index (χ1) is 17.8. The fraction of sp³-hybridized carbons (Fsp3) is 0.818. The van der Waals surface area contributed by atoms with Gasteiger partial charge in [0.05, 0.1) is 19.8 Å². The van der Waals surface area contributed by atoms with Gasteiger partial charge in [-0.3, -0.25) is 0 Å². The molecule has 0 aliphatic heterocycles. The normalized spacial score (nSPS) is 11.4. The molecule has 1 rings (SSSR count). The summed E-state index contributed by atoms with van der Waals surface area (Å²) in [6.07, 6.45) is 23.4. The summed E-state index contributed by atoms with van der Waals surface area (Å²) in [5.74, 6) is 0. The smallest absolute Gasteiger partial charge is 0.0723 e. The van der Waals surface area contributed by atoms with Crippen LogP contribution in [0.15, 0.2) is 18.2 Å². The number of unbranched alkanes of at least 4 members (excludes halogenated alkanes) is 15. The number of hydrogen-bond acceptors (Lipinski definition) is 3. The lowest BCUT2D eigenvalue weighted by Crippen LogP contribution is -2.08. The molecule has 3 heteroatoms. The van der Waals surface area contributed by atoms with E-state index >= 15 is 0 Å². The first kappa shape index (κ1) is 33.1. The lowest BCUT2D eigenvalue weighted by Gasteiger charge is -2.16. The van der Waals surface area contributed by atoms with Gasteiger partial charge in [0.2, 0.25) is 0 Å². The fourth-order valence-corrected chi connectivity index (χ4v) is 4.64. The topological polar surface area (TPSA) is 27.7 Å². The van der Waals surface area contributed by atoms with E-state index < -0.39 is 0 Å². The van der Waals surface area contributed by atoms with Crippen molar-refractivity contribution in [3.8, 4) is 0 Å². The molecule has 0 N–H and O–H groups in total. The van der Waals surface area contributed by atoms with Gasteiger partial charge in [-0.2, -0.15) is 0 Å². The molecule has 36 heavy (non-hydrogen) atoms. The Morgan fingerprint density at radius 3 is 1.14 bits per heavy atom. The molecule has 0 aromatic heterocycles. The molecule has 0 saturated carbocycles. The van der Waals surface area contributed by atoms with E-state index in [4.69, 9.17) is 14.2 Å². The van der Waals surface area contributed by atoms with Gasteiger partial charge >= 0.3 is 0 Å². The highest BCUT2D eigenvalue weighted by Gasteiger charge is 2.10. The highest BCUT2D eigenvalue weighted by molar-refractivity contribution is 5.34. The molecule has 0 saturated heterocycles. The van der Waals surface area contributed by atoms with Crippen molar-refractivity contribution in [2.75, 3.05) is 19.8 Å². The van der Waals surface area contributed by atoms with E-state index in [1.54, 1.807) is 0 Å². The van der Waals surface area contributed by atoms with Gasteiger partial charge in [-0.05, 0) is 36.0 Å². The predicted octanol–water partition coefficient (Wildman–Crippen LogP) is 10.3. The van der Waals surface area contributed by atoms with Gasteiger partial charge in [0.1, 0.15) is 0 Å². The summed E-state index contributed by atoms with van der Waals surface area (Å²) in [6.45, 7) is 11.4. The van der Waals surface area contributed by atoms with E-state index in [0.29, 0.717) is 19.8 Å². The molecule has 3 nitrogen and oxygen atoms in total. The monoisotopic (exact) mass is 504 g/mol. The number of rotatable bonds is 27. The molecule has 0 radical (unpaired) electrons. The minimum Gasteiger partial charge on any atom is -0.377 e. The van der Waals surface area contributed by atoms with Crippen molar-refractivity contribution in [1.29, 1.82) is 0 Å². The lowest BCUT2D eigenvalue weighted by atomic mass is 10.0. The summed E-state index contributed by atoms with van der Waals surface area (Å²) < 4.78 is 18.4. The van der Waals surface area contributed by atoms with Crippen LogP contribution in [0.3, 0.4) is 0 Å². The van der Waals surface area contributed by atoms with Crippen LogP contribution in [0.5, 0.6) is 0 Å². The zero-order valence-corrected chi connectivity index (χ0v) is 24.4. The predicted molar refractivity (Wildman–Crippen MR) is 156 cm³/mol. The SMILES string of the molecule is CCCCCCCCOCc1cccc(COCCCCCCCC)c1COCCCCCCCC. The Kier molecular flexibility index (Phi) is 23.7. The molecule has 1 aromatic carbocycles. The fourth-order valence-electron chi connectivity index (χ4n) is 4.64. The summed E-state index contributed by atoms with van der Waals surface area (Å²) >= 11 is 0. The summed E-state index contributed by atoms with van der Waals surface area (Å²) in [4.78, 5) is 0. The van der Waals surface area contributed by atoms with E-state index in [1.165, 1.54) is 113 Å². The van der Waals surface area contributed by atoms with Crippen molar-refractivity contribution >= 4 is 0 Å². The molecule has 0 amide bonds. The first-order valence-corrected chi connectivity index (χ1v) is 15.7. The molecular weight excluding hydrogens is 444 g/mol. The second-order valence-electron chi connectivity index (χ2n) is 10.5. The molecule has 210 valence electrons. The van der Waals surface area contributed by atoms with Crippen molar-refractivity contribution in [2.45, 2.75) is 156 Å². The average molecular weight is 505 g/mol. The minimum absolute atomic E-state index is 0.668. The van der Waals surface area contributed by atoms with Gasteiger partial charge in [0.25, 0.3) is 0 Å². The minimum atomic E-state index is 0.668. The number of hydrogen-bond donors (Lipinski definition) is 0. The second kappa shape index (κ2) is 25.7. The quantitative estimate of drug-likeness (QED) is 0.112. The lowest BCUT2D eigenvalue weighted by molar-refractivity contribution is 0.0955. The standard InChI is InChI=1S/C33H60O3/c1-4-7-10-13-16-19-25-34-28-31-23-22-24-32(29-35-26-20-17-14-11-8-5-2)33(31)30-36-27-21-18-15-12-9-6-3/h22-24H,4-21,25-30H2,1-3H3. The average Bonchev–Trinajstić information content (AvgIpc) is 2.89. The van der Waals surface area contributed by atoms with Crippen LogP contribution < -0.4 is 0 Å². The summed E-state index contributed by atoms with van der Waals surface area (Å²) in [5, 5.41) is 0. The van der Waals surface area contributed by atoms with Crippen molar-refractivity contribution in [2.24, 2.45) is 0 Å². The van der Waals surface area contributed by atoms with Gasteiger partial charge in [-0.1, -0.05) is 135 Å². The van der Waals surface area contributed by atoms with Crippen molar-refractivity contribution in [3.05, 3.63) is 34.9 Å². The van der Waals surface area contributed by atoms with Crippen LogP contribution in [-0.4, -0.2) is 19.8 Å². The zero-order valence-electron chi connectivity index (χ0n) is 24.4. The molecule has 0 aliphatic rings. The maximum absolute atomic E-state index is 6.16.